The Balaban J connectivity index is 1.95. The number of imide groups is 1. The number of rotatable bonds is 5. The number of amides is 2. The Morgan fingerprint density at radius 1 is 1.17 bits per heavy atom. The molecule has 0 saturated carbocycles. The average molecular weight is 337 g/mol. The minimum Gasteiger partial charge on any atom is -0.496 e. The second kappa shape index (κ2) is 7.73. The Bertz CT molecular complexity index is 737. The van der Waals surface area contributed by atoms with E-state index in [0.29, 0.717) is 5.75 Å². The third-order valence-electron chi connectivity index (χ3n) is 2.86. The van der Waals surface area contributed by atoms with Crippen molar-refractivity contribution in [3.63, 3.8) is 0 Å². The van der Waals surface area contributed by atoms with Crippen molar-refractivity contribution in [2.24, 2.45) is 0 Å². The van der Waals surface area contributed by atoms with Crippen LogP contribution >= 0.6 is 11.8 Å². The van der Waals surface area contributed by atoms with Crippen molar-refractivity contribution < 1.29 is 23.1 Å². The summed E-state index contributed by atoms with van der Waals surface area (Å²) in [6.45, 7) is 0. The van der Waals surface area contributed by atoms with Crippen LogP contribution in [-0.2, 0) is 4.79 Å². The molecule has 0 saturated heterocycles. The Morgan fingerprint density at radius 3 is 2.61 bits per heavy atom. The zero-order chi connectivity index (χ0) is 16.8. The molecule has 2 rings (SSSR count). The van der Waals surface area contributed by atoms with Gasteiger partial charge in [0.05, 0.1) is 18.4 Å². The van der Waals surface area contributed by atoms with Crippen LogP contribution in [0.5, 0.6) is 5.75 Å². The molecule has 2 aromatic carbocycles. The number of hydrogen-bond donors (Lipinski definition) is 1. The first-order valence-corrected chi connectivity index (χ1v) is 7.55. The second-order valence-corrected chi connectivity index (χ2v) is 5.46. The molecular formula is C16H13F2NO3S. The highest BCUT2D eigenvalue weighted by Gasteiger charge is 2.15. The number of halogens is 2. The van der Waals surface area contributed by atoms with Gasteiger partial charge in [0.2, 0.25) is 5.91 Å². The van der Waals surface area contributed by atoms with Crippen molar-refractivity contribution in [1.29, 1.82) is 0 Å². The normalized spacial score (nSPS) is 10.2. The van der Waals surface area contributed by atoms with Crippen LogP contribution in [0.1, 0.15) is 10.4 Å². The van der Waals surface area contributed by atoms with Gasteiger partial charge in [-0.3, -0.25) is 14.9 Å². The predicted octanol–water partition coefficient (Wildman–Crippen LogP) is 3.02. The molecule has 0 radical (unpaired) electrons. The Labute approximate surface area is 135 Å². The fourth-order valence-corrected chi connectivity index (χ4v) is 2.52. The van der Waals surface area contributed by atoms with E-state index >= 15 is 0 Å². The SMILES string of the molecule is COc1ccccc1C(=O)NC(=O)CSc1ccc(F)cc1F. The smallest absolute Gasteiger partial charge is 0.261 e. The molecule has 23 heavy (non-hydrogen) atoms. The molecule has 7 heteroatoms. The molecule has 2 aromatic rings. The number of nitrogens with one attached hydrogen (secondary N) is 1. The van der Waals surface area contributed by atoms with Crippen molar-refractivity contribution in [2.45, 2.75) is 4.90 Å². The number of carbonyl (C=O) groups is 2. The van der Waals surface area contributed by atoms with Gasteiger partial charge in [-0.15, -0.1) is 11.8 Å². The van der Waals surface area contributed by atoms with Crippen molar-refractivity contribution in [3.8, 4) is 5.75 Å². The Morgan fingerprint density at radius 2 is 1.91 bits per heavy atom. The van der Waals surface area contributed by atoms with Gasteiger partial charge in [0.1, 0.15) is 17.4 Å². The van der Waals surface area contributed by atoms with E-state index in [4.69, 9.17) is 4.74 Å². The topological polar surface area (TPSA) is 55.4 Å². The number of hydrogen-bond acceptors (Lipinski definition) is 4. The van der Waals surface area contributed by atoms with E-state index in [9.17, 15) is 18.4 Å². The van der Waals surface area contributed by atoms with Gasteiger partial charge >= 0.3 is 0 Å². The summed E-state index contributed by atoms with van der Waals surface area (Å²) in [5, 5.41) is 2.20. The molecule has 0 aliphatic carbocycles. The van der Waals surface area contributed by atoms with E-state index in [1.54, 1.807) is 18.2 Å². The van der Waals surface area contributed by atoms with E-state index in [1.165, 1.54) is 19.2 Å². The number of para-hydroxylation sites is 1. The summed E-state index contributed by atoms with van der Waals surface area (Å²) in [6, 6.07) is 9.54. The lowest BCUT2D eigenvalue weighted by atomic mass is 10.2. The Kier molecular flexibility index (Phi) is 5.70. The molecule has 0 heterocycles. The van der Waals surface area contributed by atoms with Gasteiger partial charge in [0, 0.05) is 11.0 Å². The highest BCUT2D eigenvalue weighted by molar-refractivity contribution is 8.00. The van der Waals surface area contributed by atoms with E-state index in [0.717, 1.165) is 23.9 Å². The fraction of sp³-hybridized carbons (Fsp3) is 0.125. The van der Waals surface area contributed by atoms with Crippen LogP contribution in [0.4, 0.5) is 8.78 Å². The fourth-order valence-electron chi connectivity index (χ4n) is 1.80. The summed E-state index contributed by atoms with van der Waals surface area (Å²) in [6.07, 6.45) is 0. The van der Waals surface area contributed by atoms with Gasteiger partial charge in [-0.1, -0.05) is 12.1 Å². The van der Waals surface area contributed by atoms with E-state index in [-0.39, 0.29) is 16.2 Å². The van der Waals surface area contributed by atoms with Gasteiger partial charge in [-0.25, -0.2) is 8.78 Å². The summed E-state index contributed by atoms with van der Waals surface area (Å²) < 4.78 is 31.3. The molecule has 120 valence electrons. The molecule has 0 fully saturated rings. The van der Waals surface area contributed by atoms with E-state index in [2.05, 4.69) is 5.32 Å². The lowest BCUT2D eigenvalue weighted by Gasteiger charge is -2.08. The number of carbonyl (C=O) groups excluding carboxylic acids is 2. The monoisotopic (exact) mass is 337 g/mol. The van der Waals surface area contributed by atoms with Crippen molar-refractivity contribution >= 4 is 23.6 Å². The van der Waals surface area contributed by atoms with Crippen molar-refractivity contribution in [2.75, 3.05) is 12.9 Å². The molecule has 0 bridgehead atoms. The molecule has 2 amide bonds. The van der Waals surface area contributed by atoms with Gasteiger partial charge in [0.15, 0.2) is 0 Å². The number of ether oxygens (including phenoxy) is 1. The van der Waals surface area contributed by atoms with Crippen molar-refractivity contribution in [1.82, 2.24) is 5.32 Å². The third-order valence-corrected chi connectivity index (χ3v) is 3.91. The summed E-state index contributed by atoms with van der Waals surface area (Å²) in [4.78, 5) is 23.9. The van der Waals surface area contributed by atoms with Crippen LogP contribution in [-0.4, -0.2) is 24.7 Å². The van der Waals surface area contributed by atoms with Crippen LogP contribution in [0.3, 0.4) is 0 Å². The van der Waals surface area contributed by atoms with E-state index in [1.807, 2.05) is 0 Å². The Hall–Kier alpha value is -2.41. The minimum absolute atomic E-state index is 0.131. The van der Waals surface area contributed by atoms with Crippen molar-refractivity contribution in [3.05, 3.63) is 59.7 Å². The summed E-state index contributed by atoms with van der Waals surface area (Å²) in [7, 11) is 1.42. The molecule has 0 unspecified atom stereocenters. The standard InChI is InChI=1S/C16H13F2NO3S/c1-22-13-5-3-2-4-11(13)16(21)19-15(20)9-23-14-7-6-10(17)8-12(14)18/h2-8H,9H2,1H3,(H,19,20,21). The quantitative estimate of drug-likeness (QED) is 0.852. The molecule has 0 aliphatic rings. The first-order valence-electron chi connectivity index (χ1n) is 6.56. The summed E-state index contributed by atoms with van der Waals surface area (Å²) in [5.74, 6) is -2.47. The maximum Gasteiger partial charge on any atom is 0.261 e. The first kappa shape index (κ1) is 17.0. The van der Waals surface area contributed by atoms with Crippen LogP contribution in [0.15, 0.2) is 47.4 Å². The predicted molar refractivity (Wildman–Crippen MR) is 82.5 cm³/mol. The molecule has 0 aliphatic heterocycles. The molecule has 1 N–H and O–H groups in total. The highest BCUT2D eigenvalue weighted by atomic mass is 32.2. The number of methoxy groups -OCH3 is 1. The summed E-state index contributed by atoms with van der Waals surface area (Å²) >= 11 is 0.874. The lowest BCUT2D eigenvalue weighted by molar-refractivity contribution is -0.117. The van der Waals surface area contributed by atoms with Crippen LogP contribution in [0.25, 0.3) is 0 Å². The lowest BCUT2D eigenvalue weighted by Crippen LogP contribution is -2.32. The maximum atomic E-state index is 13.5. The first-order chi connectivity index (χ1) is 11.0. The third kappa shape index (κ3) is 4.53. The molecule has 4 nitrogen and oxygen atoms in total. The van der Waals surface area contributed by atoms with Crippen LogP contribution < -0.4 is 10.1 Å². The zero-order valence-corrected chi connectivity index (χ0v) is 13.0. The van der Waals surface area contributed by atoms with Gasteiger partial charge in [-0.2, -0.15) is 0 Å². The summed E-state index contributed by atoms with van der Waals surface area (Å²) in [5.41, 5.74) is 0.223. The zero-order valence-electron chi connectivity index (χ0n) is 12.1. The molecular weight excluding hydrogens is 324 g/mol. The largest absolute Gasteiger partial charge is 0.496 e. The molecule has 0 aromatic heterocycles. The minimum atomic E-state index is -0.751. The number of thioether (sulfide) groups is 1. The highest BCUT2D eigenvalue weighted by Crippen LogP contribution is 2.22. The maximum absolute atomic E-state index is 13.5. The van der Waals surface area contributed by atoms with Crippen LogP contribution in [0.2, 0.25) is 0 Å². The molecule has 0 atom stereocenters. The van der Waals surface area contributed by atoms with Gasteiger partial charge < -0.3 is 4.74 Å². The average Bonchev–Trinajstić information content (AvgIpc) is 2.54. The second-order valence-electron chi connectivity index (χ2n) is 4.44. The number of benzene rings is 2. The van der Waals surface area contributed by atoms with Gasteiger partial charge in [0.25, 0.3) is 5.91 Å². The van der Waals surface area contributed by atoms with Gasteiger partial charge in [-0.05, 0) is 24.3 Å². The molecule has 0 spiro atoms. The van der Waals surface area contributed by atoms with E-state index < -0.39 is 23.4 Å². The van der Waals surface area contributed by atoms with Crippen LogP contribution in [0, 0.1) is 11.6 Å².